The number of thiol groups is 1. The molecule has 1 aliphatic heterocycles. The van der Waals surface area contributed by atoms with Crippen molar-refractivity contribution in [2.75, 3.05) is 6.61 Å². The molecule has 1 aromatic heterocycles. The molecule has 0 fully saturated rings. The summed E-state index contributed by atoms with van der Waals surface area (Å²) in [5, 5.41) is 12.7. The smallest absolute Gasteiger partial charge is 0.337 e. The highest BCUT2D eigenvalue weighted by atomic mass is 32.1. The lowest BCUT2D eigenvalue weighted by molar-refractivity contribution is -0.138. The van der Waals surface area contributed by atoms with Gasteiger partial charge in [0.2, 0.25) is 0 Å². The van der Waals surface area contributed by atoms with Crippen LogP contribution in [0.4, 0.5) is 0 Å². The Kier molecular flexibility index (Phi) is 4.55. The molecule has 0 bridgehead atoms. The maximum atomic E-state index is 12.3. The molecule has 6 heteroatoms. The number of ether oxygens (including phenoxy) is 1. The SMILES string of the molecule is C=CCOC(=O)C1=C(C)NC(S)=C(C#N)C1c1ccco1. The lowest BCUT2D eigenvalue weighted by Crippen LogP contribution is -2.28. The minimum absolute atomic E-state index is 0.0970. The summed E-state index contributed by atoms with van der Waals surface area (Å²) < 4.78 is 10.5. The van der Waals surface area contributed by atoms with Crippen LogP contribution in [0.5, 0.6) is 0 Å². The largest absolute Gasteiger partial charge is 0.468 e. The van der Waals surface area contributed by atoms with Gasteiger partial charge < -0.3 is 14.5 Å². The number of esters is 1. The molecule has 0 amide bonds. The molecule has 1 unspecified atom stereocenters. The summed E-state index contributed by atoms with van der Waals surface area (Å²) in [6.45, 7) is 5.33. The van der Waals surface area contributed by atoms with Crippen LogP contribution in [0.2, 0.25) is 0 Å². The third-order valence-corrected chi connectivity index (χ3v) is 3.40. The summed E-state index contributed by atoms with van der Waals surface area (Å²) in [5.74, 6) is -0.657. The molecule has 1 N–H and O–H groups in total. The second kappa shape index (κ2) is 6.37. The first kappa shape index (κ1) is 15.0. The van der Waals surface area contributed by atoms with Gasteiger partial charge in [0.25, 0.3) is 0 Å². The third kappa shape index (κ3) is 2.88. The van der Waals surface area contributed by atoms with Crippen LogP contribution in [0.3, 0.4) is 0 Å². The molecule has 0 spiro atoms. The highest BCUT2D eigenvalue weighted by Gasteiger charge is 2.36. The number of nitriles is 1. The number of allylic oxidation sites excluding steroid dienone is 2. The number of dihydropyridines is 1. The van der Waals surface area contributed by atoms with E-state index in [4.69, 9.17) is 9.15 Å². The lowest BCUT2D eigenvalue weighted by atomic mass is 9.86. The molecule has 0 radical (unpaired) electrons. The first-order valence-corrected chi connectivity index (χ1v) is 6.67. The van der Waals surface area contributed by atoms with Gasteiger partial charge in [0.15, 0.2) is 0 Å². The van der Waals surface area contributed by atoms with E-state index < -0.39 is 11.9 Å². The summed E-state index contributed by atoms with van der Waals surface area (Å²) in [4.78, 5) is 12.3. The van der Waals surface area contributed by atoms with E-state index in [9.17, 15) is 10.1 Å². The predicted octanol–water partition coefficient (Wildman–Crippen LogP) is 2.63. The first-order valence-electron chi connectivity index (χ1n) is 6.22. The lowest BCUT2D eigenvalue weighted by Gasteiger charge is -2.26. The van der Waals surface area contributed by atoms with Gasteiger partial charge in [-0.05, 0) is 19.1 Å². The Hall–Kier alpha value is -2.39. The number of hydrogen-bond acceptors (Lipinski definition) is 6. The quantitative estimate of drug-likeness (QED) is 0.508. The highest BCUT2D eigenvalue weighted by Crippen LogP contribution is 2.39. The van der Waals surface area contributed by atoms with Crippen LogP contribution in [-0.2, 0) is 9.53 Å². The van der Waals surface area contributed by atoms with Gasteiger partial charge in [-0.1, -0.05) is 12.7 Å². The zero-order valence-electron chi connectivity index (χ0n) is 11.4. The second-order valence-corrected chi connectivity index (χ2v) is 4.82. The molecular formula is C15H14N2O3S. The maximum absolute atomic E-state index is 12.3. The fraction of sp³-hybridized carbons (Fsp3) is 0.200. The molecule has 0 aromatic carbocycles. The highest BCUT2D eigenvalue weighted by molar-refractivity contribution is 7.84. The van der Waals surface area contributed by atoms with E-state index in [1.165, 1.54) is 12.3 Å². The van der Waals surface area contributed by atoms with E-state index in [0.29, 0.717) is 27.6 Å². The van der Waals surface area contributed by atoms with Gasteiger partial charge in [0.05, 0.1) is 34.4 Å². The Morgan fingerprint density at radius 1 is 1.71 bits per heavy atom. The number of hydrogen-bond donors (Lipinski definition) is 2. The van der Waals surface area contributed by atoms with E-state index in [1.807, 2.05) is 0 Å². The van der Waals surface area contributed by atoms with Crippen molar-refractivity contribution in [2.45, 2.75) is 12.8 Å². The van der Waals surface area contributed by atoms with Crippen LogP contribution >= 0.6 is 12.6 Å². The Morgan fingerprint density at radius 2 is 2.48 bits per heavy atom. The number of carbonyl (C=O) groups is 1. The van der Waals surface area contributed by atoms with Crippen molar-refractivity contribution in [3.63, 3.8) is 0 Å². The van der Waals surface area contributed by atoms with E-state index >= 15 is 0 Å². The van der Waals surface area contributed by atoms with Crippen LogP contribution in [0.15, 0.2) is 57.3 Å². The van der Waals surface area contributed by atoms with Crippen molar-refractivity contribution in [3.05, 3.63) is 58.7 Å². The molecule has 1 aliphatic rings. The van der Waals surface area contributed by atoms with E-state index in [0.717, 1.165) is 0 Å². The fourth-order valence-corrected chi connectivity index (χ4v) is 2.50. The van der Waals surface area contributed by atoms with Gasteiger partial charge >= 0.3 is 5.97 Å². The van der Waals surface area contributed by atoms with Crippen molar-refractivity contribution in [1.29, 1.82) is 5.26 Å². The number of nitrogens with zero attached hydrogens (tertiary/aromatic N) is 1. The molecule has 2 rings (SSSR count). The van der Waals surface area contributed by atoms with Crippen LogP contribution < -0.4 is 5.32 Å². The topological polar surface area (TPSA) is 75.3 Å². The normalized spacial score (nSPS) is 18.0. The van der Waals surface area contributed by atoms with Crippen molar-refractivity contribution < 1.29 is 13.9 Å². The van der Waals surface area contributed by atoms with Gasteiger partial charge in [0, 0.05) is 5.70 Å². The monoisotopic (exact) mass is 302 g/mol. The van der Waals surface area contributed by atoms with Crippen LogP contribution in [0.25, 0.3) is 0 Å². The number of nitrogens with one attached hydrogen (secondary N) is 1. The third-order valence-electron chi connectivity index (χ3n) is 3.04. The Bertz CT molecular complexity index is 666. The standard InChI is InChI=1S/C15H14N2O3S/c1-3-6-20-15(18)12-9(2)17-14(21)10(8-16)13(12)11-5-4-7-19-11/h3-5,7,13,17,21H,1,6H2,2H3. The number of carbonyl (C=O) groups excluding carboxylic acids is 1. The van der Waals surface area contributed by atoms with E-state index in [1.54, 1.807) is 19.1 Å². The molecule has 5 nitrogen and oxygen atoms in total. The van der Waals surface area contributed by atoms with Gasteiger partial charge in [-0.15, -0.1) is 12.6 Å². The summed E-state index contributed by atoms with van der Waals surface area (Å²) in [5.41, 5.74) is 1.22. The van der Waals surface area contributed by atoms with E-state index in [-0.39, 0.29) is 6.61 Å². The first-order chi connectivity index (χ1) is 10.1. The van der Waals surface area contributed by atoms with Crippen molar-refractivity contribution >= 4 is 18.6 Å². The average Bonchev–Trinajstić information content (AvgIpc) is 2.97. The molecule has 21 heavy (non-hydrogen) atoms. The van der Waals surface area contributed by atoms with Gasteiger partial charge in [-0.3, -0.25) is 0 Å². The van der Waals surface area contributed by atoms with Gasteiger partial charge in [0.1, 0.15) is 12.4 Å². The predicted molar refractivity (Wildman–Crippen MR) is 80.1 cm³/mol. The summed E-state index contributed by atoms with van der Waals surface area (Å²) >= 11 is 4.27. The fourth-order valence-electron chi connectivity index (χ4n) is 2.15. The minimum Gasteiger partial charge on any atom is -0.468 e. The number of rotatable bonds is 4. The van der Waals surface area contributed by atoms with Crippen molar-refractivity contribution in [2.24, 2.45) is 0 Å². The zero-order valence-corrected chi connectivity index (χ0v) is 12.3. The summed E-state index contributed by atoms with van der Waals surface area (Å²) in [6, 6.07) is 5.48. The summed E-state index contributed by atoms with van der Waals surface area (Å²) in [6.07, 6.45) is 2.98. The van der Waals surface area contributed by atoms with Crippen molar-refractivity contribution in [3.8, 4) is 6.07 Å². The molecule has 1 atom stereocenters. The Balaban J connectivity index is 2.49. The number of furan rings is 1. The van der Waals surface area contributed by atoms with Gasteiger partial charge in [-0.25, -0.2) is 4.79 Å². The Labute approximate surface area is 128 Å². The average molecular weight is 302 g/mol. The maximum Gasteiger partial charge on any atom is 0.337 e. The minimum atomic E-state index is -0.629. The zero-order chi connectivity index (χ0) is 15.4. The van der Waals surface area contributed by atoms with Crippen LogP contribution in [-0.4, -0.2) is 12.6 Å². The van der Waals surface area contributed by atoms with E-state index in [2.05, 4.69) is 30.6 Å². The molecule has 108 valence electrons. The molecule has 1 aromatic rings. The molecule has 0 saturated carbocycles. The Morgan fingerprint density at radius 3 is 3.05 bits per heavy atom. The van der Waals surface area contributed by atoms with Crippen molar-refractivity contribution in [1.82, 2.24) is 5.32 Å². The summed E-state index contributed by atoms with van der Waals surface area (Å²) in [7, 11) is 0. The molecule has 0 saturated heterocycles. The van der Waals surface area contributed by atoms with Crippen LogP contribution in [0, 0.1) is 11.3 Å². The van der Waals surface area contributed by atoms with Crippen LogP contribution in [0.1, 0.15) is 18.6 Å². The molecular weight excluding hydrogens is 288 g/mol. The molecule has 0 aliphatic carbocycles. The second-order valence-electron chi connectivity index (χ2n) is 4.37. The van der Waals surface area contributed by atoms with Gasteiger partial charge in [-0.2, -0.15) is 5.26 Å². The molecule has 2 heterocycles.